The Balaban J connectivity index is 2.03. The van der Waals surface area contributed by atoms with Gasteiger partial charge in [0.25, 0.3) is 0 Å². The Hall–Kier alpha value is -1.33. The van der Waals surface area contributed by atoms with E-state index in [1.807, 2.05) is 0 Å². The molecule has 0 radical (unpaired) electrons. The van der Waals surface area contributed by atoms with Crippen molar-refractivity contribution in [3.8, 4) is 0 Å². The molecule has 1 aliphatic heterocycles. The predicted molar refractivity (Wildman–Crippen MR) is 91.3 cm³/mol. The summed E-state index contributed by atoms with van der Waals surface area (Å²) in [7, 11) is 0.687. The van der Waals surface area contributed by atoms with Crippen LogP contribution in [0, 0.1) is 0 Å². The number of rotatable bonds is 1. The van der Waals surface area contributed by atoms with E-state index in [4.69, 9.17) is 0 Å². The summed E-state index contributed by atoms with van der Waals surface area (Å²) in [4.78, 5) is 0. The minimum Gasteiger partial charge on any atom is -0.362 e. The van der Waals surface area contributed by atoms with Crippen LogP contribution >= 0.6 is 8.73 Å². The Bertz CT molecular complexity index is 608. The van der Waals surface area contributed by atoms with Gasteiger partial charge >= 0.3 is 0 Å². The van der Waals surface area contributed by atoms with Gasteiger partial charge in [0.2, 0.25) is 0 Å². The van der Waals surface area contributed by atoms with E-state index in [9.17, 15) is 0 Å². The maximum atomic E-state index is 3.67. The van der Waals surface area contributed by atoms with Gasteiger partial charge < -0.3 is 5.09 Å². The van der Waals surface area contributed by atoms with Crippen molar-refractivity contribution in [2.75, 3.05) is 5.09 Å². The highest BCUT2D eigenvalue weighted by Crippen LogP contribution is 2.44. The second kappa shape index (κ2) is 5.97. The Morgan fingerprint density at radius 1 is 1.20 bits per heavy atom. The highest BCUT2D eigenvalue weighted by atomic mass is 31.1. The summed E-state index contributed by atoms with van der Waals surface area (Å²) >= 11 is 0. The van der Waals surface area contributed by atoms with Crippen LogP contribution in [0.4, 0.5) is 5.69 Å². The number of fused-ring (bicyclic) bond motifs is 2. The molecule has 1 heterocycles. The molecule has 1 aromatic rings. The molecule has 0 saturated heterocycles. The minimum absolute atomic E-state index is 0.687. The molecule has 2 heteroatoms. The van der Waals surface area contributed by atoms with Crippen molar-refractivity contribution in [1.82, 2.24) is 0 Å². The summed E-state index contributed by atoms with van der Waals surface area (Å²) in [6.45, 7) is 4.60. The first-order valence-electron chi connectivity index (χ1n) is 7.48. The first-order valence-corrected chi connectivity index (χ1v) is 8.48. The summed E-state index contributed by atoms with van der Waals surface area (Å²) in [6.07, 6.45) is 9.35. The lowest BCUT2D eigenvalue weighted by molar-refractivity contribution is 0.830. The second-order valence-corrected chi connectivity index (χ2v) is 6.53. The van der Waals surface area contributed by atoms with E-state index < -0.39 is 0 Å². The van der Waals surface area contributed by atoms with Gasteiger partial charge in [-0.3, -0.25) is 0 Å². The summed E-state index contributed by atoms with van der Waals surface area (Å²) in [6, 6.07) is 8.60. The summed E-state index contributed by atoms with van der Waals surface area (Å²) in [5.41, 5.74) is 7.39. The molecule has 20 heavy (non-hydrogen) atoms. The van der Waals surface area contributed by atoms with Gasteiger partial charge in [0.1, 0.15) is 0 Å². The fourth-order valence-corrected chi connectivity index (χ4v) is 4.46. The molecule has 0 spiro atoms. The molecule has 1 nitrogen and oxygen atoms in total. The molecule has 0 aromatic heterocycles. The first-order chi connectivity index (χ1) is 9.79. The van der Waals surface area contributed by atoms with Crippen LogP contribution in [-0.2, 0) is 0 Å². The molecular formula is C18H22NP. The second-order valence-electron chi connectivity index (χ2n) is 5.53. The van der Waals surface area contributed by atoms with Gasteiger partial charge in [0.05, 0.1) is 0 Å². The third-order valence-corrected chi connectivity index (χ3v) is 5.60. The zero-order chi connectivity index (χ0) is 13.9. The topological polar surface area (TPSA) is 12.0 Å². The maximum absolute atomic E-state index is 3.67. The molecular weight excluding hydrogens is 261 g/mol. The van der Waals surface area contributed by atoms with Gasteiger partial charge in [-0.25, -0.2) is 0 Å². The quantitative estimate of drug-likeness (QED) is 0.634. The summed E-state index contributed by atoms with van der Waals surface area (Å²) in [5.74, 6) is 0. The Morgan fingerprint density at radius 2 is 2.05 bits per heavy atom. The fraction of sp³-hybridized carbons (Fsp3) is 0.333. The zero-order valence-electron chi connectivity index (χ0n) is 12.3. The molecule has 3 rings (SSSR count). The fourth-order valence-electron chi connectivity index (χ4n) is 3.02. The molecule has 1 unspecified atom stereocenters. The number of hydrogen-bond donors (Lipinski definition) is 1. The van der Waals surface area contributed by atoms with Crippen molar-refractivity contribution in [3.63, 3.8) is 0 Å². The lowest BCUT2D eigenvalue weighted by atomic mass is 9.90. The van der Waals surface area contributed by atoms with Crippen molar-refractivity contribution < 1.29 is 0 Å². The lowest BCUT2D eigenvalue weighted by Crippen LogP contribution is -2.03. The van der Waals surface area contributed by atoms with Crippen LogP contribution in [0.3, 0.4) is 0 Å². The van der Waals surface area contributed by atoms with Crippen LogP contribution in [0.25, 0.3) is 6.08 Å². The normalized spacial score (nSPS) is 21.5. The van der Waals surface area contributed by atoms with Gasteiger partial charge in [0, 0.05) is 14.4 Å². The van der Waals surface area contributed by atoms with Crippen molar-refractivity contribution in [1.29, 1.82) is 0 Å². The molecule has 0 fully saturated rings. The Morgan fingerprint density at radius 3 is 2.90 bits per heavy atom. The summed E-state index contributed by atoms with van der Waals surface area (Å²) in [5, 5.41) is 5.27. The van der Waals surface area contributed by atoms with E-state index in [1.54, 1.807) is 22.0 Å². The average molecular weight is 283 g/mol. The molecule has 1 atom stereocenters. The molecule has 104 valence electrons. The Kier molecular flexibility index (Phi) is 4.08. The molecule has 1 aliphatic carbocycles. The van der Waals surface area contributed by atoms with E-state index >= 15 is 0 Å². The largest absolute Gasteiger partial charge is 0.362 e. The van der Waals surface area contributed by atoms with Crippen LogP contribution in [0.1, 0.15) is 45.1 Å². The monoisotopic (exact) mass is 283 g/mol. The van der Waals surface area contributed by atoms with Crippen molar-refractivity contribution in [2.45, 2.75) is 39.5 Å². The van der Waals surface area contributed by atoms with Gasteiger partial charge in [-0.2, -0.15) is 0 Å². The van der Waals surface area contributed by atoms with Gasteiger partial charge in [-0.05, 0) is 55.1 Å². The standard InChI is InChI=1S/C18H22NP/c1-3-14-12-11-13(2)16-9-6-8-15-7-4-5-10-17(15)19-20-18(14)16/h4-8,10,19-20H,3,9,11-12H2,1-2H3/b8-6-. The zero-order valence-corrected chi connectivity index (χ0v) is 13.3. The first kappa shape index (κ1) is 13.6. The number of nitrogens with one attached hydrogen (secondary N) is 1. The molecule has 0 amide bonds. The summed E-state index contributed by atoms with van der Waals surface area (Å²) < 4.78 is 0. The predicted octanol–water partition coefficient (Wildman–Crippen LogP) is 5.88. The number of benzene rings is 1. The minimum atomic E-state index is 0.687. The molecule has 1 N–H and O–H groups in total. The highest BCUT2D eigenvalue weighted by Gasteiger charge is 2.19. The van der Waals surface area contributed by atoms with Crippen LogP contribution in [0.15, 0.2) is 52.4 Å². The molecule has 1 aromatic carbocycles. The highest BCUT2D eigenvalue weighted by molar-refractivity contribution is 7.45. The molecule has 0 bridgehead atoms. The van der Waals surface area contributed by atoms with Crippen molar-refractivity contribution in [2.24, 2.45) is 0 Å². The lowest BCUT2D eigenvalue weighted by Gasteiger charge is -2.24. The van der Waals surface area contributed by atoms with Crippen molar-refractivity contribution >= 4 is 20.5 Å². The number of anilines is 1. The number of hydrogen-bond acceptors (Lipinski definition) is 1. The Labute approximate surface area is 123 Å². The van der Waals surface area contributed by atoms with Crippen molar-refractivity contribution in [3.05, 3.63) is 57.9 Å². The maximum Gasteiger partial charge on any atom is 0.0446 e. The van der Waals surface area contributed by atoms with Gasteiger partial charge in [-0.15, -0.1) is 0 Å². The third-order valence-electron chi connectivity index (χ3n) is 4.30. The SMILES string of the molecule is CCC1=C2PNc3ccccc3/C=C\CC2=C(C)CC1. The van der Waals surface area contributed by atoms with Crippen LogP contribution in [0.5, 0.6) is 0 Å². The smallest absolute Gasteiger partial charge is 0.0446 e. The van der Waals surface area contributed by atoms with E-state index in [0.717, 1.165) is 6.42 Å². The molecule has 2 aliphatic rings. The average Bonchev–Trinajstić information content (AvgIpc) is 2.57. The van der Waals surface area contributed by atoms with E-state index in [1.165, 1.54) is 30.5 Å². The van der Waals surface area contributed by atoms with E-state index in [0.29, 0.717) is 8.73 Å². The van der Waals surface area contributed by atoms with Gasteiger partial charge in [0.15, 0.2) is 0 Å². The molecule has 0 saturated carbocycles. The number of allylic oxidation sites excluding steroid dienone is 5. The van der Waals surface area contributed by atoms with Crippen LogP contribution in [-0.4, -0.2) is 0 Å². The third kappa shape index (κ3) is 2.60. The van der Waals surface area contributed by atoms with Crippen LogP contribution in [0.2, 0.25) is 0 Å². The van der Waals surface area contributed by atoms with Gasteiger partial charge in [-0.1, -0.05) is 48.4 Å². The van der Waals surface area contributed by atoms with Crippen LogP contribution < -0.4 is 5.09 Å². The van der Waals surface area contributed by atoms with E-state index in [-0.39, 0.29) is 0 Å². The van der Waals surface area contributed by atoms with E-state index in [2.05, 4.69) is 55.4 Å². The number of para-hydroxylation sites is 1.